The van der Waals surface area contributed by atoms with Crippen LogP contribution in [-0.2, 0) is 4.79 Å². The molecular weight excluding hydrogens is 383 g/mol. The van der Waals surface area contributed by atoms with Gasteiger partial charge in [-0.2, -0.15) is 0 Å². The summed E-state index contributed by atoms with van der Waals surface area (Å²) in [5.41, 5.74) is 1.68. The average Bonchev–Trinajstić information content (AvgIpc) is 3.22. The molecule has 0 radical (unpaired) electrons. The molecule has 3 aromatic rings. The third-order valence-corrected chi connectivity index (χ3v) is 5.23. The van der Waals surface area contributed by atoms with E-state index in [2.05, 4.69) is 32.2 Å². The number of nitrogens with one attached hydrogen (secondary N) is 2. The lowest BCUT2D eigenvalue weighted by Gasteiger charge is -2.35. The Balaban J connectivity index is 1.34. The SMILES string of the molecule is O=C(CN1CCN(c2ccccc2)CC1)Nc1cc[nH]c1C(=O)c1ccccc1F. The molecule has 1 aliphatic rings. The van der Waals surface area contributed by atoms with E-state index in [1.165, 1.54) is 23.9 Å². The van der Waals surface area contributed by atoms with Gasteiger partial charge in [0.25, 0.3) is 0 Å². The van der Waals surface area contributed by atoms with Crippen molar-refractivity contribution in [3.8, 4) is 0 Å². The van der Waals surface area contributed by atoms with Gasteiger partial charge in [-0.1, -0.05) is 30.3 Å². The fourth-order valence-electron chi connectivity index (χ4n) is 3.64. The van der Waals surface area contributed by atoms with E-state index in [1.54, 1.807) is 18.3 Å². The number of hydrogen-bond acceptors (Lipinski definition) is 4. The number of rotatable bonds is 6. The van der Waals surface area contributed by atoms with E-state index in [0.717, 1.165) is 26.2 Å². The van der Waals surface area contributed by atoms with Crippen LogP contribution >= 0.6 is 0 Å². The number of para-hydroxylation sites is 1. The van der Waals surface area contributed by atoms with Crippen LogP contribution in [0.3, 0.4) is 0 Å². The maximum absolute atomic E-state index is 14.0. The van der Waals surface area contributed by atoms with Crippen molar-refractivity contribution >= 4 is 23.1 Å². The zero-order chi connectivity index (χ0) is 20.9. The Morgan fingerprint density at radius 3 is 2.37 bits per heavy atom. The minimum atomic E-state index is -0.592. The van der Waals surface area contributed by atoms with Crippen LogP contribution < -0.4 is 10.2 Å². The lowest BCUT2D eigenvalue weighted by Crippen LogP contribution is -2.48. The number of H-pyrrole nitrogens is 1. The summed E-state index contributed by atoms with van der Waals surface area (Å²) in [7, 11) is 0. The number of carbonyl (C=O) groups is 2. The number of benzene rings is 2. The van der Waals surface area contributed by atoms with Crippen LogP contribution in [0.1, 0.15) is 16.1 Å². The Bertz CT molecular complexity index is 1030. The number of halogens is 1. The first-order chi connectivity index (χ1) is 14.6. The zero-order valence-electron chi connectivity index (χ0n) is 16.5. The third-order valence-electron chi connectivity index (χ3n) is 5.23. The van der Waals surface area contributed by atoms with Gasteiger partial charge in [0.05, 0.1) is 17.8 Å². The largest absolute Gasteiger partial charge is 0.369 e. The summed E-state index contributed by atoms with van der Waals surface area (Å²) in [6.07, 6.45) is 1.56. The number of hydrogen-bond donors (Lipinski definition) is 2. The van der Waals surface area contributed by atoms with E-state index in [1.807, 2.05) is 18.2 Å². The molecule has 1 saturated heterocycles. The highest BCUT2D eigenvalue weighted by Gasteiger charge is 2.22. The van der Waals surface area contributed by atoms with Gasteiger partial charge in [0, 0.05) is 38.1 Å². The second-order valence-electron chi connectivity index (χ2n) is 7.22. The molecule has 7 heteroatoms. The minimum Gasteiger partial charge on any atom is -0.369 e. The summed E-state index contributed by atoms with van der Waals surface area (Å²) in [5, 5.41) is 2.78. The number of amides is 1. The van der Waals surface area contributed by atoms with E-state index in [4.69, 9.17) is 0 Å². The Kier molecular flexibility index (Phi) is 5.90. The van der Waals surface area contributed by atoms with Crippen molar-refractivity contribution in [3.05, 3.63) is 83.9 Å². The summed E-state index contributed by atoms with van der Waals surface area (Å²) in [6, 6.07) is 17.6. The molecular formula is C23H23FN4O2. The van der Waals surface area contributed by atoms with E-state index < -0.39 is 11.6 Å². The molecule has 2 heterocycles. The molecule has 0 spiro atoms. The number of carbonyl (C=O) groups excluding carboxylic acids is 2. The van der Waals surface area contributed by atoms with Crippen LogP contribution in [0.5, 0.6) is 0 Å². The number of ketones is 1. The van der Waals surface area contributed by atoms with Crippen molar-refractivity contribution in [2.75, 3.05) is 42.9 Å². The molecule has 1 fully saturated rings. The van der Waals surface area contributed by atoms with Crippen molar-refractivity contribution in [1.29, 1.82) is 0 Å². The normalized spacial score (nSPS) is 14.5. The van der Waals surface area contributed by atoms with Crippen LogP contribution in [0.2, 0.25) is 0 Å². The fourth-order valence-corrected chi connectivity index (χ4v) is 3.64. The molecule has 154 valence electrons. The van der Waals surface area contributed by atoms with Gasteiger partial charge in [-0.3, -0.25) is 14.5 Å². The molecule has 2 N–H and O–H groups in total. The van der Waals surface area contributed by atoms with E-state index in [0.29, 0.717) is 5.69 Å². The summed E-state index contributed by atoms with van der Waals surface area (Å²) in [6.45, 7) is 3.48. The summed E-state index contributed by atoms with van der Waals surface area (Å²) in [4.78, 5) is 32.4. The first kappa shape index (κ1) is 19.8. The molecule has 2 aromatic carbocycles. The van der Waals surface area contributed by atoms with E-state index in [9.17, 15) is 14.0 Å². The summed E-state index contributed by atoms with van der Waals surface area (Å²) in [5.74, 6) is -1.29. The zero-order valence-corrected chi connectivity index (χ0v) is 16.5. The van der Waals surface area contributed by atoms with Crippen molar-refractivity contribution in [3.63, 3.8) is 0 Å². The standard InChI is InChI=1S/C23H23FN4O2/c24-19-9-5-4-8-18(19)23(30)22-20(10-11-25-22)26-21(29)16-27-12-14-28(15-13-27)17-6-2-1-3-7-17/h1-11,25H,12-16H2,(H,26,29). The molecule has 30 heavy (non-hydrogen) atoms. The topological polar surface area (TPSA) is 68.4 Å². The number of anilines is 2. The van der Waals surface area contributed by atoms with Gasteiger partial charge in [0.2, 0.25) is 11.7 Å². The quantitative estimate of drug-likeness (QED) is 0.617. The van der Waals surface area contributed by atoms with Gasteiger partial charge < -0.3 is 15.2 Å². The molecule has 1 amide bonds. The molecule has 1 aliphatic heterocycles. The second kappa shape index (κ2) is 8.92. The third kappa shape index (κ3) is 4.41. The van der Waals surface area contributed by atoms with Crippen LogP contribution in [0.15, 0.2) is 66.9 Å². The molecule has 4 rings (SSSR count). The number of nitrogens with zero attached hydrogens (tertiary/aromatic N) is 2. The van der Waals surface area contributed by atoms with Gasteiger partial charge in [0.15, 0.2) is 0 Å². The van der Waals surface area contributed by atoms with Crippen molar-refractivity contribution in [2.45, 2.75) is 0 Å². The second-order valence-corrected chi connectivity index (χ2v) is 7.22. The van der Waals surface area contributed by atoms with Gasteiger partial charge in [-0.25, -0.2) is 4.39 Å². The van der Waals surface area contributed by atoms with E-state index in [-0.39, 0.29) is 23.7 Å². The Labute approximate surface area is 174 Å². The maximum atomic E-state index is 14.0. The number of aromatic nitrogens is 1. The average molecular weight is 406 g/mol. The molecule has 1 aromatic heterocycles. The molecule has 0 unspecified atom stereocenters. The highest BCUT2D eigenvalue weighted by molar-refractivity contribution is 6.12. The van der Waals surface area contributed by atoms with Gasteiger partial charge in [0.1, 0.15) is 11.5 Å². The van der Waals surface area contributed by atoms with Crippen molar-refractivity contribution < 1.29 is 14.0 Å². The predicted molar refractivity (Wildman–Crippen MR) is 114 cm³/mol. The van der Waals surface area contributed by atoms with Crippen LogP contribution in [0.25, 0.3) is 0 Å². The lowest BCUT2D eigenvalue weighted by atomic mass is 10.1. The molecule has 6 nitrogen and oxygen atoms in total. The Hall–Kier alpha value is -3.45. The smallest absolute Gasteiger partial charge is 0.238 e. The first-order valence-corrected chi connectivity index (χ1v) is 9.90. The lowest BCUT2D eigenvalue weighted by molar-refractivity contribution is -0.117. The summed E-state index contributed by atoms with van der Waals surface area (Å²) >= 11 is 0. The van der Waals surface area contributed by atoms with Crippen molar-refractivity contribution in [2.24, 2.45) is 0 Å². The van der Waals surface area contributed by atoms with Crippen LogP contribution in [0, 0.1) is 5.82 Å². The van der Waals surface area contributed by atoms with Crippen LogP contribution in [0.4, 0.5) is 15.8 Å². The highest BCUT2D eigenvalue weighted by atomic mass is 19.1. The first-order valence-electron chi connectivity index (χ1n) is 9.90. The summed E-state index contributed by atoms with van der Waals surface area (Å²) < 4.78 is 14.0. The predicted octanol–water partition coefficient (Wildman–Crippen LogP) is 3.15. The molecule has 0 saturated carbocycles. The number of piperazine rings is 1. The Morgan fingerprint density at radius 1 is 0.933 bits per heavy atom. The van der Waals surface area contributed by atoms with Gasteiger partial charge >= 0.3 is 0 Å². The number of aromatic amines is 1. The van der Waals surface area contributed by atoms with Gasteiger partial charge in [-0.15, -0.1) is 0 Å². The van der Waals surface area contributed by atoms with Crippen molar-refractivity contribution in [1.82, 2.24) is 9.88 Å². The van der Waals surface area contributed by atoms with E-state index >= 15 is 0 Å². The Morgan fingerprint density at radius 2 is 1.63 bits per heavy atom. The molecule has 0 aliphatic carbocycles. The molecule has 0 atom stereocenters. The minimum absolute atomic E-state index is 0.0347. The fraction of sp³-hybridized carbons (Fsp3) is 0.217. The maximum Gasteiger partial charge on any atom is 0.238 e. The highest BCUT2D eigenvalue weighted by Crippen LogP contribution is 2.20. The van der Waals surface area contributed by atoms with Gasteiger partial charge in [-0.05, 0) is 30.3 Å². The van der Waals surface area contributed by atoms with Crippen LogP contribution in [-0.4, -0.2) is 54.3 Å². The molecule has 0 bridgehead atoms. The monoisotopic (exact) mass is 406 g/mol.